The van der Waals surface area contributed by atoms with Crippen molar-refractivity contribution in [3.05, 3.63) is 36.1 Å². The van der Waals surface area contributed by atoms with Gasteiger partial charge in [0, 0.05) is 0 Å². The van der Waals surface area contributed by atoms with Crippen LogP contribution in [-0.2, 0) is 0 Å². The first-order valence-corrected chi connectivity index (χ1v) is 3.31. The van der Waals surface area contributed by atoms with Crippen molar-refractivity contribution >= 4 is 57.5 Å². The molecule has 2 nitrogen and oxygen atoms in total. The number of ether oxygens (including phenoxy) is 1. The Labute approximate surface area is 115 Å². The van der Waals surface area contributed by atoms with Crippen LogP contribution in [0.3, 0.4) is 0 Å². The normalized spacial score (nSPS) is 9.42. The molecule has 0 aromatic heterocycles. The summed E-state index contributed by atoms with van der Waals surface area (Å²) in [6, 6.07) is 7.42. The molecule has 1 N–H and O–H groups in total. The number of aliphatic hydroxyl groups excluding tert-OH is 1. The fourth-order valence-corrected chi connectivity index (χ4v) is 0.801. The van der Waals surface area contributed by atoms with E-state index in [1.54, 1.807) is 13.2 Å². The van der Waals surface area contributed by atoms with Crippen molar-refractivity contribution in [2.45, 2.75) is 0 Å². The summed E-state index contributed by atoms with van der Waals surface area (Å²) in [5.41, 5.74) is 0.952. The third-order valence-electron chi connectivity index (χ3n) is 1.38. The van der Waals surface area contributed by atoms with Gasteiger partial charge in [-0.1, -0.05) is 12.1 Å². The summed E-state index contributed by atoms with van der Waals surface area (Å²) in [6.45, 7) is 0. The van der Waals surface area contributed by atoms with Crippen LogP contribution in [0.2, 0.25) is 0 Å². The molecule has 0 spiro atoms. The Morgan fingerprint density at radius 2 is 1.83 bits per heavy atom. The number of hydrogen-bond acceptors (Lipinski definition) is 2. The zero-order valence-electron chi connectivity index (χ0n) is 6.32. The van der Waals surface area contributed by atoms with Crippen LogP contribution in [0.4, 0.5) is 0 Å². The van der Waals surface area contributed by atoms with E-state index in [0.717, 1.165) is 17.6 Å². The Bertz CT molecular complexity index is 241. The van der Waals surface area contributed by atoms with E-state index in [4.69, 9.17) is 9.84 Å². The molecule has 0 saturated heterocycles. The number of methoxy groups -OCH3 is 1. The second kappa shape index (κ2) is 6.68. The maximum atomic E-state index is 8.43. The molecule has 0 radical (unpaired) electrons. The molecule has 0 aliphatic rings. The van der Waals surface area contributed by atoms with Crippen molar-refractivity contribution in [2.24, 2.45) is 0 Å². The van der Waals surface area contributed by atoms with Gasteiger partial charge in [-0.05, 0) is 23.8 Å². The molecule has 60 valence electrons. The molecule has 1 aromatic rings. The Morgan fingerprint density at radius 3 is 2.25 bits per heavy atom. The Hall–Kier alpha value is 0.196. The average Bonchev–Trinajstić information content (AvgIpc) is 2.07. The van der Waals surface area contributed by atoms with Crippen LogP contribution >= 0.6 is 0 Å². The van der Waals surface area contributed by atoms with Crippen LogP contribution in [0, 0.1) is 0 Å². The molecule has 3 heteroatoms. The van der Waals surface area contributed by atoms with Gasteiger partial charge in [-0.15, -0.1) is 0 Å². The van der Waals surface area contributed by atoms with Gasteiger partial charge in [0.1, 0.15) is 5.75 Å². The van der Waals surface area contributed by atoms with Crippen LogP contribution in [0.1, 0.15) is 5.56 Å². The van der Waals surface area contributed by atoms with Crippen LogP contribution in [0.25, 0.3) is 6.08 Å². The maximum absolute atomic E-state index is 8.43. The van der Waals surface area contributed by atoms with E-state index in [9.17, 15) is 0 Å². The third kappa shape index (κ3) is 3.73. The molecular weight excluding hydrogens is 179 g/mol. The van der Waals surface area contributed by atoms with Crippen molar-refractivity contribution < 1.29 is 9.84 Å². The Morgan fingerprint density at radius 1 is 1.25 bits per heavy atom. The quantitative estimate of drug-likeness (QED) is 0.566. The van der Waals surface area contributed by atoms with E-state index in [2.05, 4.69) is 0 Å². The summed E-state index contributed by atoms with van der Waals surface area (Å²) in [5.74, 6) is 0.820. The van der Waals surface area contributed by atoms with E-state index in [0.29, 0.717) is 0 Å². The van der Waals surface area contributed by atoms with E-state index in [-0.39, 0.29) is 51.4 Å². The third-order valence-corrected chi connectivity index (χ3v) is 1.38. The molecular formula is C9H11KO2. The van der Waals surface area contributed by atoms with Gasteiger partial charge in [-0.3, -0.25) is 0 Å². The van der Waals surface area contributed by atoms with Gasteiger partial charge in [0.15, 0.2) is 0 Å². The van der Waals surface area contributed by atoms with Crippen LogP contribution < -0.4 is 4.74 Å². The van der Waals surface area contributed by atoms with Gasteiger partial charge in [0.05, 0.1) is 13.4 Å². The number of hydrogen-bond donors (Lipinski definition) is 1. The molecule has 1 aromatic carbocycles. The monoisotopic (exact) mass is 190 g/mol. The minimum atomic E-state index is 0. The van der Waals surface area contributed by atoms with E-state index in [1.165, 1.54) is 0 Å². The van der Waals surface area contributed by atoms with Crippen LogP contribution in [0.5, 0.6) is 5.75 Å². The van der Waals surface area contributed by atoms with E-state index in [1.807, 2.05) is 24.3 Å². The summed E-state index contributed by atoms with van der Waals surface area (Å²) in [4.78, 5) is 0. The van der Waals surface area contributed by atoms with Gasteiger partial charge in [-0.2, -0.15) is 0 Å². The van der Waals surface area contributed by atoms with Crippen LogP contribution in [0.15, 0.2) is 30.5 Å². The Kier molecular flexibility index (Phi) is 6.79. The molecule has 12 heavy (non-hydrogen) atoms. The van der Waals surface area contributed by atoms with Gasteiger partial charge in [0.2, 0.25) is 0 Å². The number of rotatable bonds is 2. The minimum absolute atomic E-state index is 0. The topological polar surface area (TPSA) is 29.5 Å². The van der Waals surface area contributed by atoms with Crippen molar-refractivity contribution in [3.63, 3.8) is 0 Å². The van der Waals surface area contributed by atoms with Crippen molar-refractivity contribution in [1.82, 2.24) is 0 Å². The first kappa shape index (κ1) is 12.2. The first-order chi connectivity index (χ1) is 5.36. The summed E-state index contributed by atoms with van der Waals surface area (Å²) in [6.07, 6.45) is 2.63. The second-order valence-corrected chi connectivity index (χ2v) is 2.09. The molecule has 0 aliphatic carbocycles. The SMILES string of the molecule is COc1ccc(C=CO)cc1.[KH]. The molecule has 0 saturated carbocycles. The molecule has 0 bridgehead atoms. The van der Waals surface area contributed by atoms with E-state index >= 15 is 0 Å². The molecule has 0 fully saturated rings. The number of benzene rings is 1. The summed E-state index contributed by atoms with van der Waals surface area (Å²) in [7, 11) is 1.62. The van der Waals surface area contributed by atoms with Crippen LogP contribution in [-0.4, -0.2) is 63.6 Å². The molecule has 0 heterocycles. The molecule has 0 atom stereocenters. The van der Waals surface area contributed by atoms with E-state index < -0.39 is 0 Å². The van der Waals surface area contributed by atoms with Gasteiger partial charge < -0.3 is 9.84 Å². The predicted octanol–water partition coefficient (Wildman–Crippen LogP) is 1.58. The summed E-state index contributed by atoms with van der Waals surface area (Å²) < 4.78 is 4.96. The Balaban J connectivity index is 0.00000121. The van der Waals surface area contributed by atoms with Crippen molar-refractivity contribution in [2.75, 3.05) is 7.11 Å². The fraction of sp³-hybridized carbons (Fsp3) is 0.111. The zero-order chi connectivity index (χ0) is 8.10. The summed E-state index contributed by atoms with van der Waals surface area (Å²) in [5, 5.41) is 8.43. The summed E-state index contributed by atoms with van der Waals surface area (Å²) >= 11 is 0. The predicted molar refractivity (Wildman–Crippen MR) is 51.8 cm³/mol. The molecule has 0 amide bonds. The van der Waals surface area contributed by atoms with Gasteiger partial charge in [-0.25, -0.2) is 0 Å². The van der Waals surface area contributed by atoms with Crippen molar-refractivity contribution in [3.8, 4) is 5.75 Å². The molecule has 1 rings (SSSR count). The number of aliphatic hydroxyl groups is 1. The molecule has 0 unspecified atom stereocenters. The zero-order valence-corrected chi connectivity index (χ0v) is 6.32. The van der Waals surface area contributed by atoms with Gasteiger partial charge in [0.25, 0.3) is 0 Å². The van der Waals surface area contributed by atoms with Gasteiger partial charge >= 0.3 is 51.4 Å². The standard InChI is InChI=1S/C9H10O2.K.H/c1-11-9-4-2-8(3-5-9)6-7-10;;/h2-7,10H,1H3;;. The molecule has 0 aliphatic heterocycles. The second-order valence-electron chi connectivity index (χ2n) is 2.09. The fourth-order valence-electron chi connectivity index (χ4n) is 0.801. The van der Waals surface area contributed by atoms with Crippen molar-refractivity contribution in [1.29, 1.82) is 0 Å². The first-order valence-electron chi connectivity index (χ1n) is 3.31. The average molecular weight is 190 g/mol.